The normalized spacial score (nSPS) is 25.1. The second-order valence-electron chi connectivity index (χ2n) is 3.81. The van der Waals surface area contributed by atoms with Crippen LogP contribution in [0.4, 0.5) is 0 Å². The van der Waals surface area contributed by atoms with Crippen molar-refractivity contribution in [2.24, 2.45) is 0 Å². The van der Waals surface area contributed by atoms with Gasteiger partial charge >= 0.3 is 0 Å². The van der Waals surface area contributed by atoms with E-state index in [0.717, 1.165) is 12.0 Å². The maximum atomic E-state index is 10.9. The molecule has 0 heterocycles. The summed E-state index contributed by atoms with van der Waals surface area (Å²) >= 11 is 0. The Morgan fingerprint density at radius 1 is 1.13 bits per heavy atom. The van der Waals surface area contributed by atoms with Crippen LogP contribution in [0.15, 0.2) is 42.5 Å². The molecular weight excluding hydrogens is 190 g/mol. The first-order valence-electron chi connectivity index (χ1n) is 5.12. The van der Waals surface area contributed by atoms with Gasteiger partial charge in [0.05, 0.1) is 5.92 Å². The highest BCUT2D eigenvalue weighted by Gasteiger charge is 2.32. The van der Waals surface area contributed by atoms with Crippen molar-refractivity contribution in [2.75, 3.05) is 0 Å². The lowest BCUT2D eigenvalue weighted by Gasteiger charge is -2.22. The van der Waals surface area contributed by atoms with Gasteiger partial charge in [0.1, 0.15) is 0 Å². The lowest BCUT2D eigenvalue weighted by atomic mass is 9.84. The summed E-state index contributed by atoms with van der Waals surface area (Å²) in [6.45, 7) is 0. The van der Waals surface area contributed by atoms with Crippen molar-refractivity contribution in [2.45, 2.75) is 24.8 Å². The topological polar surface area (TPSA) is 43.1 Å². The Bertz CT molecular complexity index is 372. The SMILES string of the molecule is O=[N+]([O-])[C@@H]1CC=CC[C@@H]1c1ccccc1. The van der Waals surface area contributed by atoms with E-state index in [1.807, 2.05) is 42.5 Å². The quantitative estimate of drug-likeness (QED) is 0.421. The van der Waals surface area contributed by atoms with Crippen molar-refractivity contribution in [3.05, 3.63) is 58.2 Å². The molecule has 0 N–H and O–H groups in total. The average molecular weight is 203 g/mol. The Hall–Kier alpha value is -1.64. The van der Waals surface area contributed by atoms with E-state index in [2.05, 4.69) is 0 Å². The third-order valence-electron chi connectivity index (χ3n) is 2.90. The van der Waals surface area contributed by atoms with Gasteiger partial charge in [0.25, 0.3) is 0 Å². The van der Waals surface area contributed by atoms with E-state index < -0.39 is 6.04 Å². The molecule has 0 amide bonds. The van der Waals surface area contributed by atoms with Crippen molar-refractivity contribution in [3.63, 3.8) is 0 Å². The number of hydrogen-bond donors (Lipinski definition) is 0. The predicted octanol–water partition coefficient (Wildman–Crippen LogP) is 2.77. The van der Waals surface area contributed by atoms with Crippen LogP contribution in [-0.2, 0) is 0 Å². The van der Waals surface area contributed by atoms with Crippen molar-refractivity contribution >= 4 is 0 Å². The first-order chi connectivity index (χ1) is 7.29. The van der Waals surface area contributed by atoms with E-state index in [9.17, 15) is 10.1 Å². The molecule has 2 rings (SSSR count). The van der Waals surface area contributed by atoms with Gasteiger partial charge in [-0.3, -0.25) is 10.1 Å². The van der Waals surface area contributed by atoms with Gasteiger partial charge < -0.3 is 0 Å². The second kappa shape index (κ2) is 4.26. The number of nitrogens with zero attached hydrogens (tertiary/aromatic N) is 1. The number of hydrogen-bond acceptors (Lipinski definition) is 2. The van der Waals surface area contributed by atoms with Gasteiger partial charge in [-0.25, -0.2) is 0 Å². The Kier molecular flexibility index (Phi) is 2.81. The van der Waals surface area contributed by atoms with Crippen molar-refractivity contribution < 1.29 is 4.92 Å². The third-order valence-corrected chi connectivity index (χ3v) is 2.90. The fourth-order valence-corrected chi connectivity index (χ4v) is 2.09. The predicted molar refractivity (Wildman–Crippen MR) is 58.3 cm³/mol. The molecule has 1 aromatic rings. The molecule has 3 heteroatoms. The summed E-state index contributed by atoms with van der Waals surface area (Å²) in [5, 5.41) is 10.9. The van der Waals surface area contributed by atoms with E-state index in [1.54, 1.807) is 0 Å². The minimum Gasteiger partial charge on any atom is -0.264 e. The molecular formula is C12H13NO2. The van der Waals surface area contributed by atoms with Crippen molar-refractivity contribution in [1.82, 2.24) is 0 Å². The Morgan fingerprint density at radius 2 is 1.80 bits per heavy atom. The van der Waals surface area contributed by atoms with E-state index >= 15 is 0 Å². The summed E-state index contributed by atoms with van der Waals surface area (Å²) in [5.74, 6) is 0.0335. The zero-order valence-corrected chi connectivity index (χ0v) is 8.37. The maximum Gasteiger partial charge on any atom is 0.223 e. The molecule has 0 radical (unpaired) electrons. The molecule has 0 aliphatic heterocycles. The van der Waals surface area contributed by atoms with Crippen LogP contribution in [0.3, 0.4) is 0 Å². The Morgan fingerprint density at radius 3 is 2.47 bits per heavy atom. The molecule has 0 bridgehead atoms. The second-order valence-corrected chi connectivity index (χ2v) is 3.81. The summed E-state index contributed by atoms with van der Waals surface area (Å²) in [4.78, 5) is 10.8. The highest BCUT2D eigenvalue weighted by atomic mass is 16.6. The Balaban J connectivity index is 2.27. The summed E-state index contributed by atoms with van der Waals surface area (Å²) in [6, 6.07) is 9.29. The summed E-state index contributed by atoms with van der Waals surface area (Å²) in [7, 11) is 0. The Labute approximate surface area is 88.6 Å². The van der Waals surface area contributed by atoms with Crippen LogP contribution in [0.1, 0.15) is 24.3 Å². The maximum absolute atomic E-state index is 10.9. The van der Waals surface area contributed by atoms with Gasteiger partial charge in [0.2, 0.25) is 6.04 Å². The molecule has 2 atom stereocenters. The van der Waals surface area contributed by atoms with Crippen LogP contribution >= 0.6 is 0 Å². The van der Waals surface area contributed by atoms with E-state index in [1.165, 1.54) is 0 Å². The van der Waals surface area contributed by atoms with Gasteiger partial charge in [0, 0.05) is 11.3 Å². The molecule has 0 aromatic heterocycles. The fraction of sp³-hybridized carbons (Fsp3) is 0.333. The van der Waals surface area contributed by atoms with Crippen LogP contribution in [0.2, 0.25) is 0 Å². The monoisotopic (exact) mass is 203 g/mol. The number of rotatable bonds is 2. The summed E-state index contributed by atoms with van der Waals surface area (Å²) in [6.07, 6.45) is 5.27. The third kappa shape index (κ3) is 2.06. The molecule has 0 unspecified atom stereocenters. The summed E-state index contributed by atoms with van der Waals surface area (Å²) < 4.78 is 0. The standard InChI is InChI=1S/C12H13NO2/c14-13(15)12-9-5-4-8-11(12)10-6-2-1-3-7-10/h1-7,11-12H,8-9H2/t11-,12-/m1/s1. The zero-order valence-electron chi connectivity index (χ0n) is 8.37. The van der Waals surface area contributed by atoms with Gasteiger partial charge in [-0.2, -0.15) is 0 Å². The van der Waals surface area contributed by atoms with Crippen LogP contribution < -0.4 is 0 Å². The van der Waals surface area contributed by atoms with Crippen molar-refractivity contribution in [3.8, 4) is 0 Å². The molecule has 0 saturated carbocycles. The molecule has 15 heavy (non-hydrogen) atoms. The van der Waals surface area contributed by atoms with Crippen LogP contribution in [0, 0.1) is 10.1 Å². The molecule has 3 nitrogen and oxygen atoms in total. The first-order valence-corrected chi connectivity index (χ1v) is 5.12. The van der Waals surface area contributed by atoms with Gasteiger partial charge in [-0.15, -0.1) is 0 Å². The minimum absolute atomic E-state index is 0.0335. The number of benzene rings is 1. The smallest absolute Gasteiger partial charge is 0.223 e. The molecule has 0 fully saturated rings. The van der Waals surface area contributed by atoms with Gasteiger partial charge in [-0.05, 0) is 12.0 Å². The molecule has 0 saturated heterocycles. The van der Waals surface area contributed by atoms with Gasteiger partial charge in [0.15, 0.2) is 0 Å². The highest BCUT2D eigenvalue weighted by Crippen LogP contribution is 2.30. The van der Waals surface area contributed by atoms with E-state index in [4.69, 9.17) is 0 Å². The average Bonchev–Trinajstić information content (AvgIpc) is 2.30. The lowest BCUT2D eigenvalue weighted by molar-refractivity contribution is -0.526. The van der Waals surface area contributed by atoms with Crippen molar-refractivity contribution in [1.29, 1.82) is 0 Å². The number of allylic oxidation sites excluding steroid dienone is 1. The largest absolute Gasteiger partial charge is 0.264 e. The molecule has 1 aromatic carbocycles. The van der Waals surface area contributed by atoms with E-state index in [-0.39, 0.29) is 10.8 Å². The minimum atomic E-state index is -0.461. The molecule has 1 aliphatic rings. The van der Waals surface area contributed by atoms with Crippen LogP contribution in [0.5, 0.6) is 0 Å². The van der Waals surface area contributed by atoms with Crippen LogP contribution in [0.25, 0.3) is 0 Å². The molecule has 78 valence electrons. The first kappa shape index (κ1) is 9.90. The van der Waals surface area contributed by atoms with E-state index in [0.29, 0.717) is 6.42 Å². The lowest BCUT2D eigenvalue weighted by Crippen LogP contribution is -2.28. The fourth-order valence-electron chi connectivity index (χ4n) is 2.09. The summed E-state index contributed by atoms with van der Waals surface area (Å²) in [5.41, 5.74) is 1.07. The molecule has 1 aliphatic carbocycles. The van der Waals surface area contributed by atoms with Gasteiger partial charge in [-0.1, -0.05) is 42.5 Å². The zero-order chi connectivity index (χ0) is 10.7. The molecule has 0 spiro atoms. The van der Waals surface area contributed by atoms with Crippen LogP contribution in [-0.4, -0.2) is 11.0 Å². The highest BCUT2D eigenvalue weighted by molar-refractivity contribution is 5.23. The number of nitro groups is 1.